The smallest absolute Gasteiger partial charge is 0.0802 e. The van der Waals surface area contributed by atoms with Gasteiger partial charge in [-0.2, -0.15) is 0 Å². The zero-order valence-electron chi connectivity index (χ0n) is 8.13. The summed E-state index contributed by atoms with van der Waals surface area (Å²) < 4.78 is 0. The van der Waals surface area contributed by atoms with Crippen LogP contribution < -0.4 is 5.32 Å². The lowest BCUT2D eigenvalue weighted by Crippen LogP contribution is -2.52. The molecule has 3 aliphatic rings. The monoisotopic (exact) mass is 181 g/mol. The summed E-state index contributed by atoms with van der Waals surface area (Å²) in [7, 11) is 0. The van der Waals surface area contributed by atoms with Gasteiger partial charge in [0.2, 0.25) is 0 Å². The first-order valence-electron chi connectivity index (χ1n) is 5.76. The van der Waals surface area contributed by atoms with Gasteiger partial charge in [-0.05, 0) is 38.0 Å². The van der Waals surface area contributed by atoms with Crippen molar-refractivity contribution in [3.8, 4) is 0 Å². The first-order valence-corrected chi connectivity index (χ1v) is 5.76. The molecule has 0 aromatic heterocycles. The Balaban J connectivity index is 1.78. The highest BCUT2D eigenvalue weighted by molar-refractivity contribution is 5.07. The molecular formula is C11H19NO. The van der Waals surface area contributed by atoms with E-state index in [0.717, 1.165) is 24.8 Å². The molecular weight excluding hydrogens is 162 g/mol. The first kappa shape index (κ1) is 8.25. The van der Waals surface area contributed by atoms with Crippen LogP contribution in [0.15, 0.2) is 0 Å². The fourth-order valence-electron chi connectivity index (χ4n) is 3.75. The van der Waals surface area contributed by atoms with Crippen molar-refractivity contribution in [2.75, 3.05) is 0 Å². The van der Waals surface area contributed by atoms with Gasteiger partial charge in [-0.1, -0.05) is 12.8 Å². The predicted molar refractivity (Wildman–Crippen MR) is 51.5 cm³/mol. The topological polar surface area (TPSA) is 32.3 Å². The van der Waals surface area contributed by atoms with E-state index >= 15 is 0 Å². The number of piperidine rings is 1. The van der Waals surface area contributed by atoms with Crippen molar-refractivity contribution in [1.82, 2.24) is 5.32 Å². The molecule has 3 rings (SSSR count). The Morgan fingerprint density at radius 1 is 1.15 bits per heavy atom. The maximum Gasteiger partial charge on any atom is 0.0802 e. The molecule has 2 nitrogen and oxygen atoms in total. The molecule has 2 saturated carbocycles. The molecule has 1 aliphatic heterocycles. The Morgan fingerprint density at radius 2 is 1.92 bits per heavy atom. The molecule has 1 saturated heterocycles. The Morgan fingerprint density at radius 3 is 2.46 bits per heavy atom. The molecule has 0 amide bonds. The maximum atomic E-state index is 10.5. The molecule has 74 valence electrons. The average Bonchev–Trinajstić information content (AvgIpc) is 2.77. The van der Waals surface area contributed by atoms with E-state index in [1.165, 1.54) is 32.1 Å². The molecule has 3 atom stereocenters. The number of aliphatic hydroxyl groups is 1. The molecule has 2 aliphatic carbocycles. The van der Waals surface area contributed by atoms with E-state index in [-0.39, 0.29) is 5.60 Å². The Kier molecular flexibility index (Phi) is 1.72. The summed E-state index contributed by atoms with van der Waals surface area (Å²) in [6.45, 7) is 0. The number of hydrogen-bond donors (Lipinski definition) is 2. The van der Waals surface area contributed by atoms with Gasteiger partial charge in [0.05, 0.1) is 5.60 Å². The van der Waals surface area contributed by atoms with E-state index in [2.05, 4.69) is 5.32 Å². The van der Waals surface area contributed by atoms with Crippen LogP contribution in [0.4, 0.5) is 0 Å². The predicted octanol–water partition coefficient (Wildman–Crippen LogP) is 1.43. The average molecular weight is 181 g/mol. The normalized spacial score (nSPS) is 47.3. The molecule has 2 N–H and O–H groups in total. The molecule has 13 heavy (non-hydrogen) atoms. The van der Waals surface area contributed by atoms with Gasteiger partial charge in [0, 0.05) is 12.1 Å². The van der Waals surface area contributed by atoms with Crippen molar-refractivity contribution in [3.05, 3.63) is 0 Å². The fraction of sp³-hybridized carbons (Fsp3) is 1.00. The van der Waals surface area contributed by atoms with Gasteiger partial charge >= 0.3 is 0 Å². The molecule has 2 heteroatoms. The molecule has 0 radical (unpaired) electrons. The lowest BCUT2D eigenvalue weighted by atomic mass is 9.83. The Bertz CT molecular complexity index is 210. The number of nitrogens with one attached hydrogen (secondary N) is 1. The molecule has 1 heterocycles. The van der Waals surface area contributed by atoms with Crippen molar-refractivity contribution in [3.63, 3.8) is 0 Å². The summed E-state index contributed by atoms with van der Waals surface area (Å²) in [5, 5.41) is 14.1. The zero-order chi connectivity index (χ0) is 8.89. The van der Waals surface area contributed by atoms with Crippen LogP contribution in [-0.2, 0) is 0 Å². The fourth-order valence-corrected chi connectivity index (χ4v) is 3.75. The van der Waals surface area contributed by atoms with Gasteiger partial charge in [-0.3, -0.25) is 0 Å². The highest BCUT2D eigenvalue weighted by atomic mass is 16.3. The Hall–Kier alpha value is -0.0800. The standard InChI is InChI=1S/C11H19NO/c13-11(5-1-2-6-11)10-8-3-4-9(7-8)12-10/h8-10,12-13H,1-7H2. The largest absolute Gasteiger partial charge is 0.388 e. The number of hydrogen-bond acceptors (Lipinski definition) is 2. The van der Waals surface area contributed by atoms with Crippen LogP contribution in [0.3, 0.4) is 0 Å². The zero-order valence-corrected chi connectivity index (χ0v) is 8.13. The summed E-state index contributed by atoms with van der Waals surface area (Å²) in [5.74, 6) is 0.785. The molecule has 2 bridgehead atoms. The lowest BCUT2D eigenvalue weighted by molar-refractivity contribution is -0.00673. The summed E-state index contributed by atoms with van der Waals surface area (Å²) >= 11 is 0. The lowest BCUT2D eigenvalue weighted by Gasteiger charge is -2.36. The van der Waals surface area contributed by atoms with Crippen molar-refractivity contribution in [2.24, 2.45) is 5.92 Å². The second-order valence-corrected chi connectivity index (χ2v) is 5.23. The van der Waals surface area contributed by atoms with Crippen LogP contribution in [0.5, 0.6) is 0 Å². The molecule has 0 aromatic rings. The van der Waals surface area contributed by atoms with Gasteiger partial charge in [0.15, 0.2) is 0 Å². The second kappa shape index (κ2) is 2.71. The minimum Gasteiger partial charge on any atom is -0.388 e. The van der Waals surface area contributed by atoms with Crippen LogP contribution in [0.2, 0.25) is 0 Å². The SMILES string of the molecule is OC1(C2NC3CCC2C3)CCCC1. The van der Waals surface area contributed by atoms with Crippen molar-refractivity contribution in [1.29, 1.82) is 0 Å². The van der Waals surface area contributed by atoms with Gasteiger partial charge < -0.3 is 10.4 Å². The van der Waals surface area contributed by atoms with Crippen molar-refractivity contribution >= 4 is 0 Å². The third-order valence-electron chi connectivity index (χ3n) is 4.41. The van der Waals surface area contributed by atoms with Crippen LogP contribution in [-0.4, -0.2) is 22.8 Å². The quantitative estimate of drug-likeness (QED) is 0.641. The second-order valence-electron chi connectivity index (χ2n) is 5.23. The van der Waals surface area contributed by atoms with Crippen molar-refractivity contribution in [2.45, 2.75) is 62.6 Å². The van der Waals surface area contributed by atoms with E-state index in [0.29, 0.717) is 6.04 Å². The van der Waals surface area contributed by atoms with Gasteiger partial charge in [0.1, 0.15) is 0 Å². The van der Waals surface area contributed by atoms with E-state index < -0.39 is 0 Å². The summed E-state index contributed by atoms with van der Waals surface area (Å²) in [4.78, 5) is 0. The van der Waals surface area contributed by atoms with Crippen LogP contribution in [0.25, 0.3) is 0 Å². The van der Waals surface area contributed by atoms with Gasteiger partial charge in [-0.15, -0.1) is 0 Å². The van der Waals surface area contributed by atoms with Gasteiger partial charge in [-0.25, -0.2) is 0 Å². The molecule has 0 spiro atoms. The summed E-state index contributed by atoms with van der Waals surface area (Å²) in [6.07, 6.45) is 8.55. The molecule has 3 fully saturated rings. The van der Waals surface area contributed by atoms with E-state index in [9.17, 15) is 5.11 Å². The minimum absolute atomic E-state index is 0.333. The molecule has 0 aromatic carbocycles. The summed E-state index contributed by atoms with van der Waals surface area (Å²) in [6, 6.07) is 1.17. The molecule has 3 unspecified atom stereocenters. The van der Waals surface area contributed by atoms with Crippen LogP contribution >= 0.6 is 0 Å². The van der Waals surface area contributed by atoms with Crippen molar-refractivity contribution < 1.29 is 5.11 Å². The summed E-state index contributed by atoms with van der Waals surface area (Å²) in [5.41, 5.74) is -0.333. The third kappa shape index (κ3) is 1.15. The van der Waals surface area contributed by atoms with E-state index in [1.807, 2.05) is 0 Å². The van der Waals surface area contributed by atoms with E-state index in [4.69, 9.17) is 0 Å². The highest BCUT2D eigenvalue weighted by Gasteiger charge is 2.50. The maximum absolute atomic E-state index is 10.5. The van der Waals surface area contributed by atoms with Crippen LogP contribution in [0, 0.1) is 5.92 Å². The highest BCUT2D eigenvalue weighted by Crippen LogP contribution is 2.44. The number of fused-ring (bicyclic) bond motifs is 2. The number of rotatable bonds is 1. The third-order valence-corrected chi connectivity index (χ3v) is 4.41. The Labute approximate surface area is 79.7 Å². The first-order chi connectivity index (χ1) is 6.28. The van der Waals surface area contributed by atoms with Crippen LogP contribution in [0.1, 0.15) is 44.9 Å². The van der Waals surface area contributed by atoms with E-state index in [1.54, 1.807) is 0 Å². The minimum atomic E-state index is -0.333. The van der Waals surface area contributed by atoms with Gasteiger partial charge in [0.25, 0.3) is 0 Å².